The lowest BCUT2D eigenvalue weighted by Crippen LogP contribution is -2.67. The molecule has 3 aliphatic rings. The quantitative estimate of drug-likeness (QED) is 0.325. The van der Waals surface area contributed by atoms with E-state index in [0.717, 1.165) is 15.3 Å². The van der Waals surface area contributed by atoms with Gasteiger partial charge in [-0.3, -0.25) is 14.5 Å². The molecular formula is C34H38FNO6Si. The van der Waals surface area contributed by atoms with Gasteiger partial charge in [-0.15, -0.1) is 0 Å². The standard InChI is InChI=1S/C34H38FNO6Si/c1-33(2,3)43(23-11-7-5-8-12-23,24-13-9-6-10-14-24)41-20-22-18-25-30(32(39)36(4)31(25)38)26-19-29(42-34(22,26)40)21-15-16-28(37)27(35)17-21/h5-17,22,25-26,29-30,37,40H,18-20H2,1-4H3/t22-,25+,26+,29+,30+,34-/m1/s1. The average Bonchev–Trinajstić information content (AvgIpc) is 3.45. The molecule has 1 saturated carbocycles. The van der Waals surface area contributed by atoms with Crippen molar-refractivity contribution in [2.45, 2.75) is 50.5 Å². The Kier molecular flexibility index (Phi) is 7.36. The first kappa shape index (κ1) is 29.7. The first-order chi connectivity index (χ1) is 20.4. The third kappa shape index (κ3) is 4.64. The molecule has 2 N–H and O–H groups in total. The van der Waals surface area contributed by atoms with Gasteiger partial charge in [0.05, 0.1) is 17.9 Å². The topological polar surface area (TPSA) is 96.3 Å². The lowest BCUT2D eigenvalue weighted by atomic mass is 9.64. The molecule has 9 heteroatoms. The largest absolute Gasteiger partial charge is 0.505 e. The number of rotatable bonds is 6. The van der Waals surface area contributed by atoms with Crippen molar-refractivity contribution < 1.29 is 33.4 Å². The minimum atomic E-state index is -2.99. The van der Waals surface area contributed by atoms with E-state index in [1.165, 1.54) is 19.2 Å². The number of phenols is 1. The number of ether oxygens (including phenoxy) is 1. The third-order valence-corrected chi connectivity index (χ3v) is 14.9. The number of halogens is 1. The zero-order valence-electron chi connectivity index (χ0n) is 24.9. The smallest absolute Gasteiger partial charge is 0.261 e. The molecule has 0 aromatic heterocycles. The summed E-state index contributed by atoms with van der Waals surface area (Å²) in [6.07, 6.45) is -0.278. The summed E-state index contributed by atoms with van der Waals surface area (Å²) >= 11 is 0. The Labute approximate surface area is 252 Å². The second-order valence-corrected chi connectivity index (χ2v) is 17.5. The highest BCUT2D eigenvalue weighted by atomic mass is 28.4. The Morgan fingerprint density at radius 3 is 2.14 bits per heavy atom. The summed E-state index contributed by atoms with van der Waals surface area (Å²) in [4.78, 5) is 27.8. The van der Waals surface area contributed by atoms with E-state index >= 15 is 0 Å². The van der Waals surface area contributed by atoms with Gasteiger partial charge in [0.25, 0.3) is 8.32 Å². The molecule has 0 spiro atoms. The van der Waals surface area contributed by atoms with Gasteiger partial charge >= 0.3 is 0 Å². The summed E-state index contributed by atoms with van der Waals surface area (Å²) in [7, 11) is -1.50. The first-order valence-electron chi connectivity index (χ1n) is 14.8. The van der Waals surface area contributed by atoms with Gasteiger partial charge in [0.15, 0.2) is 17.4 Å². The molecule has 6 rings (SSSR count). The molecule has 226 valence electrons. The fourth-order valence-electron chi connectivity index (χ4n) is 7.75. The monoisotopic (exact) mass is 603 g/mol. The van der Waals surface area contributed by atoms with Crippen LogP contribution in [0.5, 0.6) is 5.75 Å². The maximum absolute atomic E-state index is 14.4. The lowest BCUT2D eigenvalue weighted by Gasteiger charge is -2.48. The van der Waals surface area contributed by atoms with Gasteiger partial charge < -0.3 is 19.4 Å². The second kappa shape index (κ2) is 10.7. The zero-order valence-corrected chi connectivity index (χ0v) is 25.9. The molecule has 2 amide bonds. The summed E-state index contributed by atoms with van der Waals surface area (Å²) in [5.74, 6) is -6.30. The van der Waals surface area contributed by atoms with Crippen molar-refractivity contribution in [2.24, 2.45) is 23.7 Å². The predicted octanol–water partition coefficient (Wildman–Crippen LogP) is 4.13. The molecule has 2 aliphatic heterocycles. The summed E-state index contributed by atoms with van der Waals surface area (Å²) < 4.78 is 27.9. The van der Waals surface area contributed by atoms with Gasteiger partial charge in [-0.2, -0.15) is 0 Å². The van der Waals surface area contributed by atoms with Crippen molar-refractivity contribution in [2.75, 3.05) is 13.7 Å². The second-order valence-electron chi connectivity index (χ2n) is 13.2. The SMILES string of the molecule is CN1C(=O)[C@H]2[C@H](C[C@H](CO[Si](c3ccccc3)(c3ccccc3)C(C)(C)C)[C@@]3(O)O[C@H](c4ccc(O)c(F)c4)C[C@@H]23)C1=O. The number of fused-ring (bicyclic) bond motifs is 3. The third-order valence-electron chi connectivity index (χ3n) is 9.85. The van der Waals surface area contributed by atoms with Crippen LogP contribution in [-0.4, -0.2) is 54.7 Å². The van der Waals surface area contributed by atoms with E-state index in [2.05, 4.69) is 45.0 Å². The molecule has 1 aliphatic carbocycles. The van der Waals surface area contributed by atoms with Crippen LogP contribution in [0.25, 0.3) is 0 Å². The number of aliphatic hydroxyl groups is 1. The molecule has 0 bridgehead atoms. The number of hydrogen-bond donors (Lipinski definition) is 2. The molecule has 7 nitrogen and oxygen atoms in total. The molecule has 3 fully saturated rings. The molecule has 6 atom stereocenters. The minimum Gasteiger partial charge on any atom is -0.505 e. The Balaban J connectivity index is 1.41. The number of imide groups is 1. The van der Waals surface area contributed by atoms with Crippen LogP contribution in [-0.2, 0) is 18.8 Å². The number of nitrogens with zero attached hydrogens (tertiary/aromatic N) is 1. The van der Waals surface area contributed by atoms with Crippen LogP contribution in [0.3, 0.4) is 0 Å². The maximum Gasteiger partial charge on any atom is 0.261 e. The Morgan fingerprint density at radius 1 is 0.977 bits per heavy atom. The molecule has 0 radical (unpaired) electrons. The molecule has 0 unspecified atom stereocenters. The normalized spacial score (nSPS) is 29.1. The number of carbonyl (C=O) groups is 2. The van der Waals surface area contributed by atoms with Crippen LogP contribution in [0, 0.1) is 29.5 Å². The summed E-state index contributed by atoms with van der Waals surface area (Å²) in [6, 6.07) is 24.3. The fraction of sp³-hybridized carbons (Fsp3) is 0.412. The average molecular weight is 604 g/mol. The highest BCUT2D eigenvalue weighted by molar-refractivity contribution is 6.99. The van der Waals surface area contributed by atoms with E-state index in [-0.39, 0.29) is 36.3 Å². The van der Waals surface area contributed by atoms with Gasteiger partial charge in [-0.05, 0) is 45.9 Å². The van der Waals surface area contributed by atoms with E-state index in [9.17, 15) is 24.2 Å². The highest BCUT2D eigenvalue weighted by Crippen LogP contribution is 2.58. The first-order valence-corrected chi connectivity index (χ1v) is 16.7. The molecule has 3 aromatic rings. The van der Waals surface area contributed by atoms with Gasteiger partial charge in [-0.25, -0.2) is 4.39 Å². The number of amides is 2. The van der Waals surface area contributed by atoms with E-state index < -0.39 is 55.4 Å². The van der Waals surface area contributed by atoms with Gasteiger partial charge in [0, 0.05) is 25.5 Å². The van der Waals surface area contributed by atoms with Crippen LogP contribution in [0.2, 0.25) is 5.04 Å². The van der Waals surface area contributed by atoms with Crippen LogP contribution >= 0.6 is 0 Å². The summed E-state index contributed by atoms with van der Waals surface area (Å²) in [6.45, 7) is 6.61. The van der Waals surface area contributed by atoms with Crippen molar-refractivity contribution in [1.82, 2.24) is 4.90 Å². The van der Waals surface area contributed by atoms with Crippen LogP contribution in [0.15, 0.2) is 78.9 Å². The van der Waals surface area contributed by atoms with E-state index in [4.69, 9.17) is 9.16 Å². The van der Waals surface area contributed by atoms with Crippen LogP contribution in [0.4, 0.5) is 4.39 Å². The molecular weight excluding hydrogens is 565 g/mol. The van der Waals surface area contributed by atoms with E-state index in [1.54, 1.807) is 6.07 Å². The number of benzene rings is 3. The van der Waals surface area contributed by atoms with Gasteiger partial charge in [-0.1, -0.05) is 87.5 Å². The number of phenolic OH excluding ortho intramolecular Hbond substituents is 1. The van der Waals surface area contributed by atoms with Crippen molar-refractivity contribution >= 4 is 30.5 Å². The molecule has 3 aromatic carbocycles. The van der Waals surface area contributed by atoms with E-state index in [0.29, 0.717) is 5.56 Å². The van der Waals surface area contributed by atoms with Gasteiger partial charge in [0.2, 0.25) is 11.8 Å². The van der Waals surface area contributed by atoms with Gasteiger partial charge in [0.1, 0.15) is 0 Å². The molecule has 2 heterocycles. The van der Waals surface area contributed by atoms with Crippen molar-refractivity contribution in [3.8, 4) is 5.75 Å². The molecule has 2 saturated heterocycles. The summed E-state index contributed by atoms with van der Waals surface area (Å²) in [5, 5.41) is 24.0. The van der Waals surface area contributed by atoms with Crippen molar-refractivity contribution in [1.29, 1.82) is 0 Å². The van der Waals surface area contributed by atoms with Crippen molar-refractivity contribution in [3.63, 3.8) is 0 Å². The van der Waals surface area contributed by atoms with Crippen LogP contribution in [0.1, 0.15) is 45.3 Å². The lowest BCUT2D eigenvalue weighted by molar-refractivity contribution is -0.273. The Hall–Kier alpha value is -3.37. The number of aromatic hydroxyl groups is 1. The molecule has 43 heavy (non-hydrogen) atoms. The summed E-state index contributed by atoms with van der Waals surface area (Å²) in [5.41, 5.74) is 0.450. The Bertz CT molecular complexity index is 1490. The number of hydrogen-bond acceptors (Lipinski definition) is 6. The number of carbonyl (C=O) groups excluding carboxylic acids is 2. The maximum atomic E-state index is 14.4. The number of likely N-dealkylation sites (tertiary alicyclic amines) is 1. The van der Waals surface area contributed by atoms with E-state index in [1.807, 2.05) is 36.4 Å². The Morgan fingerprint density at radius 2 is 1.58 bits per heavy atom. The van der Waals surface area contributed by atoms with Crippen molar-refractivity contribution in [3.05, 3.63) is 90.2 Å². The fourth-order valence-corrected chi connectivity index (χ4v) is 12.4. The predicted molar refractivity (Wildman–Crippen MR) is 161 cm³/mol. The van der Waals surface area contributed by atoms with Crippen LogP contribution < -0.4 is 10.4 Å². The zero-order chi connectivity index (χ0) is 30.7. The minimum absolute atomic E-state index is 0.103. The highest BCUT2D eigenvalue weighted by Gasteiger charge is 2.66.